The summed E-state index contributed by atoms with van der Waals surface area (Å²) in [5.74, 6) is 0.552. The van der Waals surface area contributed by atoms with Gasteiger partial charge in [0.05, 0.1) is 23.5 Å². The second-order valence-electron chi connectivity index (χ2n) is 5.90. The zero-order valence-electron chi connectivity index (χ0n) is 14.2. The van der Waals surface area contributed by atoms with Crippen LogP contribution in [0.5, 0.6) is 0 Å². The minimum atomic E-state index is -0.0966. The molecule has 0 saturated carbocycles. The lowest BCUT2D eigenvalue weighted by Crippen LogP contribution is -2.09. The Kier molecular flexibility index (Phi) is 4.20. The number of benzene rings is 1. The molecule has 24 heavy (non-hydrogen) atoms. The number of hydrogen-bond donors (Lipinski definition) is 0. The van der Waals surface area contributed by atoms with Crippen molar-refractivity contribution in [2.45, 2.75) is 34.1 Å². The first-order chi connectivity index (χ1) is 11.5. The highest BCUT2D eigenvalue weighted by Crippen LogP contribution is 2.17. The lowest BCUT2D eigenvalue weighted by molar-refractivity contribution is 0.0986. The number of carbonyl (C=O) groups is 1. The van der Waals surface area contributed by atoms with E-state index in [1.54, 1.807) is 23.9 Å². The van der Waals surface area contributed by atoms with Crippen LogP contribution < -0.4 is 0 Å². The topological polar surface area (TPSA) is 73.6 Å². The number of aromatic nitrogens is 5. The van der Waals surface area contributed by atoms with E-state index in [1.807, 2.05) is 25.1 Å². The highest BCUT2D eigenvalue weighted by molar-refractivity contribution is 5.96. The molecule has 3 aromatic rings. The van der Waals surface area contributed by atoms with Crippen molar-refractivity contribution in [1.82, 2.24) is 25.0 Å². The highest BCUT2D eigenvalue weighted by Gasteiger charge is 2.18. The molecule has 0 N–H and O–H groups in total. The van der Waals surface area contributed by atoms with E-state index in [0.29, 0.717) is 17.2 Å². The van der Waals surface area contributed by atoms with E-state index in [2.05, 4.69) is 34.1 Å². The Morgan fingerprint density at radius 3 is 2.58 bits per heavy atom. The van der Waals surface area contributed by atoms with Crippen LogP contribution >= 0.6 is 0 Å². The number of carbonyl (C=O) groups excluding carboxylic acids is 1. The molecular weight excluding hydrogens is 302 g/mol. The van der Waals surface area contributed by atoms with Crippen molar-refractivity contribution >= 4 is 5.78 Å². The molecule has 2 aromatic heterocycles. The maximum Gasteiger partial charge on any atom is 0.190 e. The van der Waals surface area contributed by atoms with E-state index in [0.717, 1.165) is 11.4 Å². The zero-order valence-corrected chi connectivity index (χ0v) is 14.2. The number of nitrogens with zero attached hydrogens (tertiary/aromatic N) is 5. The lowest BCUT2D eigenvalue weighted by Gasteiger charge is -2.06. The van der Waals surface area contributed by atoms with E-state index < -0.39 is 0 Å². The van der Waals surface area contributed by atoms with Gasteiger partial charge in [-0.3, -0.25) is 4.79 Å². The minimum Gasteiger partial charge on any atom is -0.292 e. The van der Waals surface area contributed by atoms with E-state index in [4.69, 9.17) is 0 Å². The van der Waals surface area contributed by atoms with Gasteiger partial charge in [-0.05, 0) is 57.0 Å². The lowest BCUT2D eigenvalue weighted by atomic mass is 10.1. The Balaban J connectivity index is 1.89. The molecular formula is C18H19N5O. The molecule has 6 heteroatoms. The van der Waals surface area contributed by atoms with Gasteiger partial charge in [0.2, 0.25) is 0 Å². The summed E-state index contributed by atoms with van der Waals surface area (Å²) in [4.78, 5) is 20.8. The number of aryl methyl sites for hydroxylation is 3. The van der Waals surface area contributed by atoms with Crippen molar-refractivity contribution < 1.29 is 4.79 Å². The van der Waals surface area contributed by atoms with E-state index in [-0.39, 0.29) is 12.2 Å². The first-order valence-corrected chi connectivity index (χ1v) is 7.77. The average molecular weight is 321 g/mol. The van der Waals surface area contributed by atoms with Crippen LogP contribution in [0.15, 0.2) is 30.5 Å². The van der Waals surface area contributed by atoms with Gasteiger partial charge in [-0.25, -0.2) is 14.6 Å². The molecule has 0 unspecified atom stereocenters. The number of ketones is 1. The van der Waals surface area contributed by atoms with Gasteiger partial charge in [-0.2, -0.15) is 0 Å². The fourth-order valence-electron chi connectivity index (χ4n) is 2.54. The minimum absolute atomic E-state index is 0.0966. The zero-order chi connectivity index (χ0) is 17.3. The third-order valence-corrected chi connectivity index (χ3v) is 4.07. The maximum absolute atomic E-state index is 12.5. The standard InChI is InChI=1S/C18H19N5O/c1-11-5-6-16(9-12(11)2)23-13(3)18(21-22-23)17(24)10-15-7-8-19-14(4)20-15/h5-9H,10H2,1-4H3. The van der Waals surface area contributed by atoms with Crippen molar-refractivity contribution in [1.29, 1.82) is 0 Å². The summed E-state index contributed by atoms with van der Waals surface area (Å²) in [6.45, 7) is 7.77. The molecule has 6 nitrogen and oxygen atoms in total. The Morgan fingerprint density at radius 2 is 1.88 bits per heavy atom. The van der Waals surface area contributed by atoms with Crippen LogP contribution in [0.4, 0.5) is 0 Å². The van der Waals surface area contributed by atoms with Gasteiger partial charge in [0, 0.05) is 6.20 Å². The molecule has 0 bridgehead atoms. The van der Waals surface area contributed by atoms with Crippen molar-refractivity contribution in [3.8, 4) is 5.69 Å². The largest absolute Gasteiger partial charge is 0.292 e. The summed E-state index contributed by atoms with van der Waals surface area (Å²) in [7, 11) is 0. The summed E-state index contributed by atoms with van der Waals surface area (Å²) in [6.07, 6.45) is 1.85. The van der Waals surface area contributed by atoms with Crippen LogP contribution in [0.3, 0.4) is 0 Å². The Labute approximate surface area is 140 Å². The normalized spacial score (nSPS) is 10.8. The average Bonchev–Trinajstić information content (AvgIpc) is 2.92. The second kappa shape index (κ2) is 6.31. The molecule has 0 aliphatic heterocycles. The Hall–Kier alpha value is -2.89. The van der Waals surface area contributed by atoms with E-state index in [9.17, 15) is 4.79 Å². The summed E-state index contributed by atoms with van der Waals surface area (Å²) >= 11 is 0. The fourth-order valence-corrected chi connectivity index (χ4v) is 2.54. The van der Waals surface area contributed by atoms with Gasteiger partial charge in [-0.15, -0.1) is 5.10 Å². The van der Waals surface area contributed by atoms with Crippen LogP contribution in [0, 0.1) is 27.7 Å². The number of hydrogen-bond acceptors (Lipinski definition) is 5. The van der Waals surface area contributed by atoms with Crippen LogP contribution in [-0.4, -0.2) is 30.7 Å². The fraction of sp³-hybridized carbons (Fsp3) is 0.278. The van der Waals surface area contributed by atoms with Gasteiger partial charge in [0.25, 0.3) is 0 Å². The van der Waals surface area contributed by atoms with E-state index >= 15 is 0 Å². The first kappa shape index (κ1) is 16.0. The summed E-state index contributed by atoms with van der Waals surface area (Å²) < 4.78 is 1.70. The molecule has 0 fully saturated rings. The van der Waals surface area contributed by atoms with Gasteiger partial charge >= 0.3 is 0 Å². The second-order valence-corrected chi connectivity index (χ2v) is 5.90. The molecule has 3 rings (SSSR count). The van der Waals surface area contributed by atoms with Crippen molar-refractivity contribution in [3.05, 3.63) is 64.5 Å². The molecule has 0 aliphatic carbocycles. The SMILES string of the molecule is Cc1nccc(CC(=O)c2nnn(-c3ccc(C)c(C)c3)c2C)n1. The molecule has 1 aromatic carbocycles. The summed E-state index contributed by atoms with van der Waals surface area (Å²) in [6, 6.07) is 7.80. The molecule has 2 heterocycles. The van der Waals surface area contributed by atoms with Crippen LogP contribution in [0.2, 0.25) is 0 Å². The molecule has 0 radical (unpaired) electrons. The van der Waals surface area contributed by atoms with E-state index in [1.165, 1.54) is 11.1 Å². The van der Waals surface area contributed by atoms with Gasteiger partial charge in [0.1, 0.15) is 5.82 Å². The molecule has 0 amide bonds. The third kappa shape index (κ3) is 3.08. The number of rotatable bonds is 4. The molecule has 122 valence electrons. The van der Waals surface area contributed by atoms with Crippen LogP contribution in [0.1, 0.15) is 38.8 Å². The maximum atomic E-state index is 12.5. The van der Waals surface area contributed by atoms with Gasteiger partial charge in [0.15, 0.2) is 11.5 Å². The molecule has 0 spiro atoms. The van der Waals surface area contributed by atoms with Crippen molar-refractivity contribution in [2.75, 3.05) is 0 Å². The first-order valence-electron chi connectivity index (χ1n) is 7.77. The highest BCUT2D eigenvalue weighted by atomic mass is 16.1. The third-order valence-electron chi connectivity index (χ3n) is 4.07. The molecule has 0 aliphatic rings. The monoisotopic (exact) mass is 321 g/mol. The van der Waals surface area contributed by atoms with Crippen molar-refractivity contribution in [3.63, 3.8) is 0 Å². The van der Waals surface area contributed by atoms with Crippen molar-refractivity contribution in [2.24, 2.45) is 0 Å². The molecule has 0 atom stereocenters. The Morgan fingerprint density at radius 1 is 1.08 bits per heavy atom. The van der Waals surface area contributed by atoms with Crippen LogP contribution in [-0.2, 0) is 6.42 Å². The van der Waals surface area contributed by atoms with Crippen LogP contribution in [0.25, 0.3) is 5.69 Å². The summed E-state index contributed by atoms with van der Waals surface area (Å²) in [5, 5.41) is 8.23. The summed E-state index contributed by atoms with van der Waals surface area (Å²) in [5.41, 5.74) is 5.09. The van der Waals surface area contributed by atoms with Gasteiger partial charge < -0.3 is 0 Å². The quantitative estimate of drug-likeness (QED) is 0.691. The predicted octanol–water partition coefficient (Wildman–Crippen LogP) is 2.72. The predicted molar refractivity (Wildman–Crippen MR) is 90.4 cm³/mol. The Bertz CT molecular complexity index is 914. The molecule has 0 saturated heterocycles. The van der Waals surface area contributed by atoms with Gasteiger partial charge in [-0.1, -0.05) is 11.3 Å². The smallest absolute Gasteiger partial charge is 0.190 e. The number of Topliss-reactive ketones (excluding diaryl/α,β-unsaturated/α-hetero) is 1.